The van der Waals surface area contributed by atoms with Crippen LogP contribution in [0.3, 0.4) is 0 Å². The molecular formula is C52H32O. The Morgan fingerprint density at radius 3 is 0.962 bits per heavy atom. The number of benzene rings is 10. The maximum Gasteiger partial charge on any atom is 0.136 e. The van der Waals surface area contributed by atoms with Crippen LogP contribution >= 0.6 is 0 Å². The Labute approximate surface area is 307 Å². The maximum atomic E-state index is 6.67. The third-order valence-electron chi connectivity index (χ3n) is 11.0. The van der Waals surface area contributed by atoms with Crippen molar-refractivity contribution in [1.29, 1.82) is 0 Å². The van der Waals surface area contributed by atoms with Gasteiger partial charge in [-0.1, -0.05) is 170 Å². The highest BCUT2D eigenvalue weighted by molar-refractivity contribution is 6.24. The summed E-state index contributed by atoms with van der Waals surface area (Å²) in [6.45, 7) is 0. The SMILES string of the molecule is c1ccc(-c2c3ccccc3c(-c3ccc4c(c3)oc3ccc(-c5c6ccccc6c(-c6ccccc6)c6ccccc56)cc34)c3ccccc23)cc1. The average Bonchev–Trinajstić information content (AvgIpc) is 3.59. The van der Waals surface area contributed by atoms with E-state index in [1.165, 1.54) is 82.0 Å². The van der Waals surface area contributed by atoms with Gasteiger partial charge in [0.25, 0.3) is 0 Å². The lowest BCUT2D eigenvalue weighted by atomic mass is 9.85. The summed E-state index contributed by atoms with van der Waals surface area (Å²) >= 11 is 0. The molecule has 0 fully saturated rings. The highest BCUT2D eigenvalue weighted by Gasteiger charge is 2.20. The minimum atomic E-state index is 0.893. The van der Waals surface area contributed by atoms with Crippen LogP contribution in [0.4, 0.5) is 0 Å². The second-order valence-electron chi connectivity index (χ2n) is 13.9. The Bertz CT molecular complexity index is 3090. The zero-order valence-corrected chi connectivity index (χ0v) is 28.9. The van der Waals surface area contributed by atoms with Crippen LogP contribution in [0, 0.1) is 0 Å². The first-order valence-electron chi connectivity index (χ1n) is 18.3. The van der Waals surface area contributed by atoms with E-state index < -0.39 is 0 Å². The lowest BCUT2D eigenvalue weighted by Gasteiger charge is -2.17. The monoisotopic (exact) mass is 672 g/mol. The van der Waals surface area contributed by atoms with E-state index in [-0.39, 0.29) is 0 Å². The minimum absolute atomic E-state index is 0.893. The smallest absolute Gasteiger partial charge is 0.136 e. The van der Waals surface area contributed by atoms with Crippen molar-refractivity contribution in [2.24, 2.45) is 0 Å². The summed E-state index contributed by atoms with van der Waals surface area (Å²) in [6, 6.07) is 70.3. The van der Waals surface area contributed by atoms with Crippen molar-refractivity contribution in [3.8, 4) is 44.5 Å². The summed E-state index contributed by atoms with van der Waals surface area (Å²) in [5.74, 6) is 0. The molecule has 0 bridgehead atoms. The van der Waals surface area contributed by atoms with Crippen molar-refractivity contribution < 1.29 is 4.42 Å². The Kier molecular flexibility index (Phi) is 6.62. The summed E-state index contributed by atoms with van der Waals surface area (Å²) in [5.41, 5.74) is 11.6. The molecule has 0 saturated carbocycles. The molecule has 11 aromatic rings. The molecule has 53 heavy (non-hydrogen) atoms. The molecule has 1 heteroatoms. The number of rotatable bonds is 4. The largest absolute Gasteiger partial charge is 0.456 e. The lowest BCUT2D eigenvalue weighted by molar-refractivity contribution is 0.669. The molecule has 1 aromatic heterocycles. The van der Waals surface area contributed by atoms with Crippen molar-refractivity contribution in [3.05, 3.63) is 194 Å². The summed E-state index contributed by atoms with van der Waals surface area (Å²) in [4.78, 5) is 0. The van der Waals surface area contributed by atoms with Crippen molar-refractivity contribution in [2.75, 3.05) is 0 Å². The molecule has 10 aromatic carbocycles. The number of furan rings is 1. The van der Waals surface area contributed by atoms with E-state index in [4.69, 9.17) is 4.42 Å². The van der Waals surface area contributed by atoms with Gasteiger partial charge in [0.15, 0.2) is 0 Å². The summed E-state index contributed by atoms with van der Waals surface area (Å²) < 4.78 is 6.67. The molecule has 246 valence electrons. The molecule has 0 N–H and O–H groups in total. The molecule has 0 spiro atoms. The highest BCUT2D eigenvalue weighted by Crippen LogP contribution is 2.47. The quantitative estimate of drug-likeness (QED) is 0.170. The highest BCUT2D eigenvalue weighted by atomic mass is 16.3. The second-order valence-corrected chi connectivity index (χ2v) is 13.9. The van der Waals surface area contributed by atoms with Crippen molar-refractivity contribution in [3.63, 3.8) is 0 Å². The van der Waals surface area contributed by atoms with Gasteiger partial charge in [-0.15, -0.1) is 0 Å². The normalized spacial score (nSPS) is 11.8. The van der Waals surface area contributed by atoms with E-state index in [9.17, 15) is 0 Å². The maximum absolute atomic E-state index is 6.67. The molecule has 0 aliphatic rings. The van der Waals surface area contributed by atoms with Crippen LogP contribution in [-0.4, -0.2) is 0 Å². The average molecular weight is 673 g/mol. The molecule has 1 nitrogen and oxygen atoms in total. The first kappa shape index (κ1) is 29.7. The third-order valence-corrected chi connectivity index (χ3v) is 11.0. The second kappa shape index (κ2) is 11.8. The van der Waals surface area contributed by atoms with Gasteiger partial charge in [-0.3, -0.25) is 0 Å². The van der Waals surface area contributed by atoms with Crippen LogP contribution in [0.2, 0.25) is 0 Å². The third kappa shape index (κ3) is 4.58. The first-order chi connectivity index (χ1) is 26.3. The van der Waals surface area contributed by atoms with Gasteiger partial charge in [-0.05, 0) is 112 Å². The molecule has 0 saturated heterocycles. The summed E-state index contributed by atoms with van der Waals surface area (Å²) in [5, 5.41) is 12.2. The van der Waals surface area contributed by atoms with Crippen LogP contribution < -0.4 is 0 Å². The van der Waals surface area contributed by atoms with Gasteiger partial charge < -0.3 is 4.42 Å². The lowest BCUT2D eigenvalue weighted by Crippen LogP contribution is -1.90. The standard InChI is InChI=1S/C52H32O/c1-3-15-33(16-4-1)49-38-19-7-11-23-42(38)51(43-24-12-8-20-39(43)49)35-28-30-47-46(31-35)37-29-27-36(32-48(37)53-47)52-44-25-13-9-21-40(44)50(34-17-5-2-6-18-34)41-22-10-14-26-45(41)52/h1-32H. The van der Waals surface area contributed by atoms with Crippen LogP contribution in [0.15, 0.2) is 199 Å². The van der Waals surface area contributed by atoms with E-state index in [2.05, 4.69) is 194 Å². The van der Waals surface area contributed by atoms with Gasteiger partial charge in [0.2, 0.25) is 0 Å². The van der Waals surface area contributed by atoms with Gasteiger partial charge in [0.05, 0.1) is 0 Å². The first-order valence-corrected chi connectivity index (χ1v) is 18.3. The molecule has 0 amide bonds. The van der Waals surface area contributed by atoms with Crippen LogP contribution in [-0.2, 0) is 0 Å². The van der Waals surface area contributed by atoms with Gasteiger partial charge in [0, 0.05) is 10.8 Å². The number of hydrogen-bond acceptors (Lipinski definition) is 1. The van der Waals surface area contributed by atoms with E-state index in [0.717, 1.165) is 27.5 Å². The number of hydrogen-bond donors (Lipinski definition) is 0. The molecule has 0 aliphatic carbocycles. The van der Waals surface area contributed by atoms with Crippen molar-refractivity contribution >= 4 is 65.0 Å². The van der Waals surface area contributed by atoms with Gasteiger partial charge >= 0.3 is 0 Å². The van der Waals surface area contributed by atoms with E-state index in [1.807, 2.05) is 0 Å². The fraction of sp³-hybridized carbons (Fsp3) is 0. The van der Waals surface area contributed by atoms with Gasteiger partial charge in [-0.25, -0.2) is 0 Å². The van der Waals surface area contributed by atoms with E-state index in [0.29, 0.717) is 0 Å². The summed E-state index contributed by atoms with van der Waals surface area (Å²) in [6.07, 6.45) is 0. The van der Waals surface area contributed by atoms with Crippen molar-refractivity contribution in [2.45, 2.75) is 0 Å². The summed E-state index contributed by atoms with van der Waals surface area (Å²) in [7, 11) is 0. The number of fused-ring (bicyclic) bond motifs is 7. The zero-order chi connectivity index (χ0) is 34.9. The fourth-order valence-electron chi connectivity index (χ4n) is 8.80. The molecule has 0 unspecified atom stereocenters. The van der Waals surface area contributed by atoms with Crippen LogP contribution in [0.5, 0.6) is 0 Å². The van der Waals surface area contributed by atoms with E-state index in [1.54, 1.807) is 0 Å². The topological polar surface area (TPSA) is 13.1 Å². The van der Waals surface area contributed by atoms with Gasteiger partial charge in [-0.2, -0.15) is 0 Å². The Morgan fingerprint density at radius 1 is 0.208 bits per heavy atom. The van der Waals surface area contributed by atoms with Crippen LogP contribution in [0.25, 0.3) is 110 Å². The van der Waals surface area contributed by atoms with E-state index >= 15 is 0 Å². The zero-order valence-electron chi connectivity index (χ0n) is 28.9. The Morgan fingerprint density at radius 2 is 0.547 bits per heavy atom. The Balaban J connectivity index is 1.13. The Hall–Kier alpha value is -6.96. The fourth-order valence-corrected chi connectivity index (χ4v) is 8.80. The molecule has 0 radical (unpaired) electrons. The van der Waals surface area contributed by atoms with Crippen LogP contribution in [0.1, 0.15) is 0 Å². The molecular weight excluding hydrogens is 641 g/mol. The molecule has 11 rings (SSSR count). The molecule has 1 heterocycles. The van der Waals surface area contributed by atoms with Gasteiger partial charge in [0.1, 0.15) is 11.2 Å². The minimum Gasteiger partial charge on any atom is -0.456 e. The predicted octanol–water partition coefficient (Wildman–Crippen LogP) is 14.9. The molecule has 0 atom stereocenters. The molecule has 0 aliphatic heterocycles. The van der Waals surface area contributed by atoms with Crippen molar-refractivity contribution in [1.82, 2.24) is 0 Å². The predicted molar refractivity (Wildman–Crippen MR) is 225 cm³/mol.